The van der Waals surface area contributed by atoms with Crippen molar-refractivity contribution in [3.63, 3.8) is 0 Å². The number of hydrogen-bond donors (Lipinski definition) is 2. The third-order valence-electron chi connectivity index (χ3n) is 13.3. The van der Waals surface area contributed by atoms with Crippen LogP contribution in [0.25, 0.3) is 0 Å². The fourth-order valence-corrected chi connectivity index (χ4v) is 11.5. The van der Waals surface area contributed by atoms with Gasteiger partial charge in [0.2, 0.25) is 0 Å². The Morgan fingerprint density at radius 2 is 1.62 bits per heavy atom. The molecule has 0 heterocycles. The van der Waals surface area contributed by atoms with E-state index in [1.54, 1.807) is 0 Å². The second-order valence-corrected chi connectivity index (χ2v) is 14.4. The molecule has 4 heteroatoms. The highest BCUT2D eigenvalue weighted by Gasteiger charge is 2.70. The van der Waals surface area contributed by atoms with Gasteiger partial charge < -0.3 is 10.4 Å². The molecule has 6 unspecified atom stereocenters. The van der Waals surface area contributed by atoms with Gasteiger partial charge >= 0.3 is 0 Å². The summed E-state index contributed by atoms with van der Waals surface area (Å²) < 4.78 is 0. The van der Waals surface area contributed by atoms with Gasteiger partial charge in [0.1, 0.15) is 0 Å². The number of rotatable bonds is 2. The Kier molecular flexibility index (Phi) is 5.44. The molecule has 5 fully saturated rings. The fraction of sp³-hybridized carbons (Fsp3) is 0.867. The van der Waals surface area contributed by atoms with Crippen LogP contribution in [-0.4, -0.2) is 22.3 Å². The maximum absolute atomic E-state index is 9.76. The van der Waals surface area contributed by atoms with Crippen molar-refractivity contribution in [3.8, 4) is 0 Å². The lowest BCUT2D eigenvalue weighted by Gasteiger charge is -2.72. The zero-order valence-electron chi connectivity index (χ0n) is 22.5. The van der Waals surface area contributed by atoms with Gasteiger partial charge in [0, 0.05) is 10.8 Å². The molecule has 4 nitrogen and oxygen atoms in total. The minimum atomic E-state index is -0.0311. The van der Waals surface area contributed by atoms with Crippen LogP contribution in [0.1, 0.15) is 106 Å². The first-order chi connectivity index (χ1) is 15.9. The van der Waals surface area contributed by atoms with E-state index in [-0.39, 0.29) is 10.8 Å². The van der Waals surface area contributed by atoms with Crippen molar-refractivity contribution in [2.75, 3.05) is 0 Å². The Hall–Kier alpha value is -1.32. The molecule has 0 spiro atoms. The van der Waals surface area contributed by atoms with E-state index in [0.717, 1.165) is 31.4 Å². The Morgan fingerprint density at radius 3 is 2.26 bits per heavy atom. The zero-order valence-corrected chi connectivity index (χ0v) is 22.5. The molecular weight excluding hydrogens is 420 g/mol. The van der Waals surface area contributed by atoms with Crippen LogP contribution in [0.4, 0.5) is 0 Å². The van der Waals surface area contributed by atoms with E-state index in [4.69, 9.17) is 0 Å². The summed E-state index contributed by atoms with van der Waals surface area (Å²) in [5.41, 5.74) is 3.27. The van der Waals surface area contributed by atoms with Crippen molar-refractivity contribution >= 4 is 11.9 Å². The van der Waals surface area contributed by atoms with Crippen LogP contribution in [-0.2, 0) is 0 Å². The molecule has 0 aliphatic heterocycles. The van der Waals surface area contributed by atoms with Gasteiger partial charge in [-0.05, 0) is 117 Å². The average molecular weight is 469 g/mol. The smallest absolute Gasteiger partial charge is 0.0630 e. The summed E-state index contributed by atoms with van der Waals surface area (Å²) in [5.74, 6) is 3.06. The molecule has 0 aromatic carbocycles. The Labute approximate surface area is 207 Å². The number of allylic oxidation sites excluding steroid dienone is 1. The summed E-state index contributed by atoms with van der Waals surface area (Å²) in [6.07, 6.45) is 13.8. The van der Waals surface area contributed by atoms with Crippen LogP contribution in [0.2, 0.25) is 0 Å². The van der Waals surface area contributed by atoms with Gasteiger partial charge in [-0.1, -0.05) is 51.9 Å². The molecule has 0 amide bonds. The third kappa shape index (κ3) is 2.83. The third-order valence-corrected chi connectivity index (χ3v) is 13.3. The fourth-order valence-electron chi connectivity index (χ4n) is 11.5. The summed E-state index contributed by atoms with van der Waals surface area (Å²) in [7, 11) is 0. The predicted molar refractivity (Wildman–Crippen MR) is 138 cm³/mol. The van der Waals surface area contributed by atoms with Crippen molar-refractivity contribution in [2.45, 2.75) is 106 Å². The Bertz CT molecular complexity index is 923. The van der Waals surface area contributed by atoms with Gasteiger partial charge in [-0.15, -0.1) is 5.16 Å². The minimum Gasteiger partial charge on any atom is -0.411 e. The first-order valence-electron chi connectivity index (χ1n) is 14.0. The molecule has 5 saturated carbocycles. The minimum absolute atomic E-state index is 0.0311. The van der Waals surface area contributed by atoms with E-state index < -0.39 is 0 Å². The molecule has 0 aromatic heterocycles. The molecule has 0 radical (unpaired) electrons. The highest BCUT2D eigenvalue weighted by atomic mass is 16.4. The van der Waals surface area contributed by atoms with Crippen molar-refractivity contribution in [2.24, 2.45) is 67.0 Å². The van der Waals surface area contributed by atoms with Crippen LogP contribution in [0.5, 0.6) is 0 Å². The van der Waals surface area contributed by atoms with Gasteiger partial charge in [-0.25, -0.2) is 0 Å². The quantitative estimate of drug-likeness (QED) is 0.187. The molecule has 5 aliphatic carbocycles. The number of fused-ring (bicyclic) bond motifs is 7. The van der Waals surface area contributed by atoms with E-state index >= 15 is 0 Å². The maximum Gasteiger partial charge on any atom is 0.0630 e. The number of nitrogens with zero attached hydrogens (tertiary/aromatic N) is 2. The second-order valence-electron chi connectivity index (χ2n) is 14.4. The summed E-state index contributed by atoms with van der Waals surface area (Å²) >= 11 is 0. The van der Waals surface area contributed by atoms with E-state index in [9.17, 15) is 10.4 Å². The zero-order chi connectivity index (χ0) is 24.7. The maximum atomic E-state index is 9.76. The molecule has 0 saturated heterocycles. The summed E-state index contributed by atoms with van der Waals surface area (Å²) in [6, 6.07) is 0. The summed E-state index contributed by atoms with van der Waals surface area (Å²) in [4.78, 5) is 0. The lowest BCUT2D eigenvalue weighted by molar-refractivity contribution is -0.222. The van der Waals surface area contributed by atoms with Crippen LogP contribution >= 0.6 is 0 Å². The van der Waals surface area contributed by atoms with E-state index in [1.165, 1.54) is 44.1 Å². The first-order valence-corrected chi connectivity index (χ1v) is 14.0. The second kappa shape index (κ2) is 7.59. The molecule has 5 aliphatic rings. The van der Waals surface area contributed by atoms with E-state index in [2.05, 4.69) is 58.4 Å². The molecular formula is C30H48N2O2. The lowest BCUT2D eigenvalue weighted by Crippen LogP contribution is -2.66. The molecule has 0 bridgehead atoms. The van der Waals surface area contributed by atoms with Crippen molar-refractivity contribution in [1.82, 2.24) is 0 Å². The van der Waals surface area contributed by atoms with Crippen molar-refractivity contribution in [3.05, 3.63) is 12.2 Å². The van der Waals surface area contributed by atoms with Crippen LogP contribution < -0.4 is 0 Å². The normalized spacial score (nSPS) is 53.1. The Morgan fingerprint density at radius 1 is 0.882 bits per heavy atom. The van der Waals surface area contributed by atoms with Gasteiger partial charge in [-0.3, -0.25) is 0 Å². The molecule has 5 rings (SSSR count). The molecule has 2 N–H and O–H groups in total. The van der Waals surface area contributed by atoms with Crippen LogP contribution in [0.3, 0.4) is 0 Å². The molecule has 9 atom stereocenters. The van der Waals surface area contributed by atoms with E-state index in [0.29, 0.717) is 45.8 Å². The monoisotopic (exact) mass is 468 g/mol. The largest absolute Gasteiger partial charge is 0.411 e. The van der Waals surface area contributed by atoms with Crippen molar-refractivity contribution in [1.29, 1.82) is 0 Å². The molecule has 0 aromatic rings. The van der Waals surface area contributed by atoms with Gasteiger partial charge in [0.15, 0.2) is 0 Å². The number of oxime groups is 2. The number of hydrogen-bond acceptors (Lipinski definition) is 4. The van der Waals surface area contributed by atoms with Gasteiger partial charge in [0.05, 0.1) is 11.9 Å². The standard InChI is InChI=1S/C30H48N2O2/c1-19(2)20-10-15-30(18-31-33)17-16-28(6)21(25(20)30)8-9-23-27(5)13-12-24(32-34)26(3,4)22(27)11-14-29(23,28)7/h18,20-23,25,33-34H,1,8-17H2,2-7H3/b31-18+,32-24+/t20?,21?,22?,23?,25?,27-,28+,29+,30?/m0/s1. The lowest BCUT2D eigenvalue weighted by atomic mass is 9.32. The Balaban J connectivity index is 1.56. The van der Waals surface area contributed by atoms with Gasteiger partial charge in [-0.2, -0.15) is 0 Å². The molecule has 190 valence electrons. The summed E-state index contributed by atoms with van der Waals surface area (Å²) in [5, 5.41) is 26.9. The van der Waals surface area contributed by atoms with Gasteiger partial charge in [0.25, 0.3) is 0 Å². The van der Waals surface area contributed by atoms with Crippen molar-refractivity contribution < 1.29 is 10.4 Å². The van der Waals surface area contributed by atoms with E-state index in [1.807, 2.05) is 6.21 Å². The first kappa shape index (κ1) is 24.4. The van der Waals surface area contributed by atoms with Crippen LogP contribution in [0.15, 0.2) is 22.5 Å². The SMILES string of the molecule is C=C(C)C1CCC2(/C=N/O)CC[C@]3(C)C(CCC4[C@@]5(C)CC/C(=N\O)C(C)(C)C5CC[C@]43C)C12. The predicted octanol–water partition coefficient (Wildman–Crippen LogP) is 7.93. The topological polar surface area (TPSA) is 65.2 Å². The summed E-state index contributed by atoms with van der Waals surface area (Å²) in [6.45, 7) is 19.2. The average Bonchev–Trinajstić information content (AvgIpc) is 3.14. The molecule has 34 heavy (non-hydrogen) atoms. The highest BCUT2D eigenvalue weighted by Crippen LogP contribution is 2.77. The van der Waals surface area contributed by atoms with Crippen LogP contribution in [0, 0.1) is 56.7 Å². The highest BCUT2D eigenvalue weighted by molar-refractivity contribution is 5.90.